The number of rotatable bonds is 14. The second-order valence-electron chi connectivity index (χ2n) is 23.3. The number of carbonyl (C=O) groups is 4. The van der Waals surface area contributed by atoms with E-state index in [9.17, 15) is 38.7 Å². The first-order chi connectivity index (χ1) is 42.1. The maximum atomic E-state index is 17.6. The van der Waals surface area contributed by atoms with Crippen molar-refractivity contribution < 1.29 is 56.4 Å². The summed E-state index contributed by atoms with van der Waals surface area (Å²) in [6.45, 7) is 10.4. The zero-order chi connectivity index (χ0) is 62.4. The molecule has 0 radical (unpaired) electrons. The quantitative estimate of drug-likeness (QED) is 0.0584. The van der Waals surface area contributed by atoms with Crippen molar-refractivity contribution in [2.75, 3.05) is 63.1 Å². The number of phenolic OH excluding ortho intramolecular Hbond substituents is 1. The largest absolute Gasteiger partial charge is 0.508 e. The molecule has 5 aliphatic heterocycles. The van der Waals surface area contributed by atoms with Crippen LogP contribution in [0.5, 0.6) is 11.8 Å². The molecular weight excluding hydrogens is 1180 g/mol. The Bertz CT molecular complexity index is 4270. The fraction of sp³-hybridized carbons (Fsp3) is 0.413. The summed E-state index contributed by atoms with van der Waals surface area (Å²) in [7, 11) is 0. The van der Waals surface area contributed by atoms with E-state index in [1.165, 1.54) is 24.3 Å². The van der Waals surface area contributed by atoms with Crippen molar-refractivity contribution in [2.24, 2.45) is 0 Å². The van der Waals surface area contributed by atoms with Gasteiger partial charge in [0.1, 0.15) is 66.5 Å². The first kappa shape index (κ1) is 59.8. The molecule has 3 aromatic carbocycles. The number of allylic oxidation sites excluding steroid dienone is 1. The van der Waals surface area contributed by atoms with E-state index >= 15 is 8.78 Å². The zero-order valence-electron chi connectivity index (χ0n) is 49.1. The minimum atomic E-state index is -2.07. The molecule has 2 amide bonds. The fourth-order valence-corrected chi connectivity index (χ4v) is 14.8. The number of fused-ring (bicyclic) bond motifs is 8. The van der Waals surface area contributed by atoms with Crippen LogP contribution in [0.15, 0.2) is 58.9 Å². The number of alkyl halides is 1. The number of thiophene rings is 1. The molecule has 458 valence electrons. The van der Waals surface area contributed by atoms with E-state index in [-0.39, 0.29) is 141 Å². The Hall–Kier alpha value is -8.53. The highest BCUT2D eigenvalue weighted by Gasteiger charge is 2.52. The van der Waals surface area contributed by atoms with Gasteiger partial charge in [0, 0.05) is 77.5 Å². The maximum Gasteiger partial charge on any atom is 0.410 e. The van der Waals surface area contributed by atoms with Crippen molar-refractivity contribution in [3.63, 3.8) is 0 Å². The summed E-state index contributed by atoms with van der Waals surface area (Å²) in [5.41, 5.74) is 6.40. The van der Waals surface area contributed by atoms with Gasteiger partial charge in [0.05, 0.1) is 55.4 Å². The number of hydrogen-bond acceptors (Lipinski definition) is 18. The first-order valence-corrected chi connectivity index (χ1v) is 30.4. The number of cyclic esters (lactones) is 1. The smallest absolute Gasteiger partial charge is 0.410 e. The van der Waals surface area contributed by atoms with Crippen molar-refractivity contribution in [1.29, 1.82) is 5.26 Å². The van der Waals surface area contributed by atoms with Crippen molar-refractivity contribution in [3.8, 4) is 40.3 Å². The SMILES string of the molecule is C/C=C(\COC(=O)N(CC(=O)O[C@]1(CC)C(=O)OCc2c1cc1n(c2=O)Cc2c-1nc1ccc(O)cc1c2CC)C(C)C)C(=O)N1CCN(c2nc(OC[C@@]34CCCN3C[C@H](F)C4)nc3c(F)c(-c4ccc(F)c5sc(N)c(C#N)c45)c(Cl)cc23)[C@@H](C)C1. The predicted molar refractivity (Wildman–Crippen MR) is 323 cm³/mol. The Morgan fingerprint density at radius 3 is 2.58 bits per heavy atom. The van der Waals surface area contributed by atoms with Gasteiger partial charge in [-0.15, -0.1) is 11.3 Å². The van der Waals surface area contributed by atoms with Crippen LogP contribution >= 0.6 is 22.9 Å². The Labute approximate surface area is 511 Å². The minimum Gasteiger partial charge on any atom is -0.508 e. The van der Waals surface area contributed by atoms with Crippen LogP contribution in [0.1, 0.15) is 95.0 Å². The number of ether oxygens (including phenoxy) is 4. The lowest BCUT2D eigenvalue weighted by atomic mass is 9.85. The van der Waals surface area contributed by atoms with Gasteiger partial charge in [0.25, 0.3) is 11.5 Å². The van der Waals surface area contributed by atoms with Gasteiger partial charge in [-0.05, 0) is 107 Å². The third-order valence-electron chi connectivity index (χ3n) is 18.0. The molecule has 0 bridgehead atoms. The van der Waals surface area contributed by atoms with Crippen LogP contribution in [-0.4, -0.2) is 140 Å². The van der Waals surface area contributed by atoms with Crippen molar-refractivity contribution in [1.82, 2.24) is 34.2 Å². The molecule has 0 saturated carbocycles. The number of nitriles is 1. The highest BCUT2D eigenvalue weighted by atomic mass is 35.5. The lowest BCUT2D eigenvalue weighted by Crippen LogP contribution is -2.54. The van der Waals surface area contributed by atoms with Gasteiger partial charge in [-0.3, -0.25) is 24.2 Å². The van der Waals surface area contributed by atoms with Gasteiger partial charge in [-0.2, -0.15) is 15.2 Å². The number of aromatic hydroxyl groups is 1. The molecule has 4 atom stereocenters. The number of nitrogen functional groups attached to an aromatic ring is 1. The van der Waals surface area contributed by atoms with Crippen LogP contribution in [0.3, 0.4) is 0 Å². The van der Waals surface area contributed by atoms with Crippen molar-refractivity contribution in [3.05, 3.63) is 109 Å². The van der Waals surface area contributed by atoms with Gasteiger partial charge >= 0.3 is 24.0 Å². The van der Waals surface area contributed by atoms with Gasteiger partial charge in [0.15, 0.2) is 5.82 Å². The highest BCUT2D eigenvalue weighted by molar-refractivity contribution is 7.23. The molecular formula is C63H62ClF3N10O10S. The van der Waals surface area contributed by atoms with E-state index in [0.29, 0.717) is 36.3 Å². The van der Waals surface area contributed by atoms with Crippen LogP contribution in [0, 0.1) is 23.0 Å². The lowest BCUT2D eigenvalue weighted by Gasteiger charge is -2.41. The van der Waals surface area contributed by atoms with Gasteiger partial charge in [0.2, 0.25) is 5.60 Å². The number of hydrogen-bond donors (Lipinski definition) is 2. The normalized spacial score (nSPS) is 20.7. The summed E-state index contributed by atoms with van der Waals surface area (Å²) in [4.78, 5) is 91.8. The molecule has 0 spiro atoms. The molecule has 0 unspecified atom stereocenters. The number of anilines is 2. The average Bonchev–Trinajstić information content (AvgIpc) is 1.40. The molecule has 25 heteroatoms. The molecule has 5 aliphatic rings. The Kier molecular flexibility index (Phi) is 15.5. The summed E-state index contributed by atoms with van der Waals surface area (Å²) >= 11 is 7.87. The molecule has 9 heterocycles. The molecule has 3 saturated heterocycles. The van der Waals surface area contributed by atoms with Crippen LogP contribution in [0.2, 0.25) is 5.02 Å². The van der Waals surface area contributed by atoms with Gasteiger partial charge in [-0.1, -0.05) is 37.6 Å². The molecule has 0 aliphatic carbocycles. The molecule has 12 rings (SSSR count). The summed E-state index contributed by atoms with van der Waals surface area (Å²) < 4.78 is 73.0. The van der Waals surface area contributed by atoms with Gasteiger partial charge in [-0.25, -0.2) is 27.7 Å². The van der Waals surface area contributed by atoms with Crippen LogP contribution < -0.4 is 20.9 Å². The number of halogens is 4. The number of carbonyl (C=O) groups excluding carboxylic acids is 4. The number of aryl methyl sites for hydroxylation is 1. The van der Waals surface area contributed by atoms with E-state index in [4.69, 9.17) is 46.3 Å². The number of esters is 2. The summed E-state index contributed by atoms with van der Waals surface area (Å²) in [6.07, 6.45) is 1.74. The van der Waals surface area contributed by atoms with Crippen molar-refractivity contribution in [2.45, 2.75) is 116 Å². The molecule has 4 aromatic heterocycles. The van der Waals surface area contributed by atoms with E-state index < -0.39 is 83.7 Å². The number of amides is 2. The molecule has 3 fully saturated rings. The number of nitrogens with zero attached hydrogens (tertiary/aromatic N) is 9. The second-order valence-corrected chi connectivity index (χ2v) is 24.7. The number of piperazine rings is 1. The van der Waals surface area contributed by atoms with Crippen molar-refractivity contribution >= 4 is 89.6 Å². The van der Waals surface area contributed by atoms with E-state index in [2.05, 4.69) is 9.88 Å². The number of aromatic nitrogens is 4. The Morgan fingerprint density at radius 2 is 1.85 bits per heavy atom. The number of phenols is 1. The number of pyridine rings is 2. The highest BCUT2D eigenvalue weighted by Crippen LogP contribution is 2.48. The maximum absolute atomic E-state index is 17.6. The molecule has 7 aromatic rings. The third-order valence-corrected chi connectivity index (χ3v) is 19.3. The minimum absolute atomic E-state index is 0.0296. The number of benzene rings is 3. The molecule has 20 nitrogen and oxygen atoms in total. The molecule has 88 heavy (non-hydrogen) atoms. The van der Waals surface area contributed by atoms with E-state index in [1.54, 1.807) is 55.4 Å². The standard InChI is InChI=1S/C63H62ClF3N10O10S/c1-7-33(28-85-61(83)76(31(4)5)27-48(79)87-63(9-3)43-21-47-52-41(26-77(47)58(81)42(43)29-84-59(63)82)36(8-2)38-19-35(78)11-14-46(38)70-52)57(80)73-17-18-75(32(6)24-73)56-39-20-44(64)50(37-12-13-45(66)54-49(37)40(23-68)55(69)88-54)51(67)53(39)71-60(72-56)86-30-62-15-10-16-74(62)25-34(65)22-62/h7,11-14,19-21,31-32,34,78H,8-10,15-18,22,24-30,69H2,1-6H3/b33-7+/t32-,34+,62-,63-/m0/s1. The van der Waals surface area contributed by atoms with Crippen LogP contribution in [-0.2, 0) is 53.8 Å². The average molecular weight is 1240 g/mol. The summed E-state index contributed by atoms with van der Waals surface area (Å²) in [6, 6.07) is 11.2. The van der Waals surface area contributed by atoms with Crippen LogP contribution in [0.4, 0.5) is 28.8 Å². The van der Waals surface area contributed by atoms with Gasteiger partial charge < -0.3 is 44.2 Å². The van der Waals surface area contributed by atoms with Crippen LogP contribution in [0.25, 0.3) is 54.4 Å². The van der Waals surface area contributed by atoms with E-state index in [0.717, 1.165) is 45.2 Å². The monoisotopic (exact) mass is 1240 g/mol. The van der Waals surface area contributed by atoms with E-state index in [1.807, 2.05) is 24.8 Å². The number of nitrogens with two attached hydrogens (primary N) is 1. The summed E-state index contributed by atoms with van der Waals surface area (Å²) in [5.74, 6) is -3.59. The Morgan fingerprint density at radius 1 is 1.06 bits per heavy atom. The first-order valence-electron chi connectivity index (χ1n) is 29.2. The predicted octanol–water partition coefficient (Wildman–Crippen LogP) is 9.59. The topological polar surface area (TPSA) is 249 Å². The second kappa shape index (κ2) is 22.9. The molecule has 3 N–H and O–H groups in total. The third kappa shape index (κ3) is 9.85. The Balaban J connectivity index is 0.762. The fourth-order valence-electron chi connectivity index (χ4n) is 13.5. The summed E-state index contributed by atoms with van der Waals surface area (Å²) in [5, 5.41) is 21.4. The lowest BCUT2D eigenvalue weighted by molar-refractivity contribution is -0.190. The zero-order valence-corrected chi connectivity index (χ0v) is 50.7.